The zero-order chi connectivity index (χ0) is 15.2. The fourth-order valence-corrected chi connectivity index (χ4v) is 6.14. The van der Waals surface area contributed by atoms with Crippen LogP contribution in [-0.4, -0.2) is 49.7 Å². The van der Waals surface area contributed by atoms with Gasteiger partial charge in [-0.2, -0.15) is 4.31 Å². The topological polar surface area (TPSA) is 57.7 Å². The van der Waals surface area contributed by atoms with Gasteiger partial charge in [0.15, 0.2) is 0 Å². The van der Waals surface area contributed by atoms with Gasteiger partial charge in [-0.3, -0.25) is 4.79 Å². The summed E-state index contributed by atoms with van der Waals surface area (Å²) >= 11 is 1.35. The second-order valence-corrected chi connectivity index (χ2v) is 9.10. The molecule has 2 aliphatic rings. The van der Waals surface area contributed by atoms with Gasteiger partial charge in [0.1, 0.15) is 4.21 Å². The van der Waals surface area contributed by atoms with Crippen molar-refractivity contribution < 1.29 is 13.2 Å². The minimum absolute atomic E-state index is 0.0339. The Balaban J connectivity index is 1.82. The molecule has 3 heterocycles. The summed E-state index contributed by atoms with van der Waals surface area (Å²) in [5, 5.41) is 0. The first-order valence-corrected chi connectivity index (χ1v) is 9.53. The van der Waals surface area contributed by atoms with E-state index in [0.29, 0.717) is 29.6 Å². The lowest BCUT2D eigenvalue weighted by Crippen LogP contribution is -2.49. The Kier molecular flexibility index (Phi) is 3.83. The fraction of sp³-hybridized carbons (Fsp3) is 0.643. The quantitative estimate of drug-likeness (QED) is 0.846. The molecule has 5 nitrogen and oxygen atoms in total. The number of sulfonamides is 1. The molecule has 7 heteroatoms. The predicted molar refractivity (Wildman–Crippen MR) is 81.7 cm³/mol. The number of fused-ring (bicyclic) bond motifs is 1. The third-order valence-electron chi connectivity index (χ3n) is 4.59. The predicted octanol–water partition coefficient (Wildman–Crippen LogP) is 1.55. The smallest absolute Gasteiger partial charge is 0.252 e. The van der Waals surface area contributed by atoms with Gasteiger partial charge in [0.05, 0.1) is 0 Å². The first kappa shape index (κ1) is 15.0. The molecular formula is C14H20N2O3S2. The minimum Gasteiger partial charge on any atom is -0.341 e. The first-order chi connectivity index (χ1) is 9.93. The van der Waals surface area contributed by atoms with E-state index in [-0.39, 0.29) is 11.9 Å². The third-order valence-corrected chi connectivity index (χ3v) is 8.15. The standard InChI is InChI=1S/C14H20N2O3S2/c1-3-11-4-5-14(20-11)21(18,19)16-7-6-10-8-13(17)15(2)12(10)9-16/h4-5,10,12H,3,6-9H2,1-2H3/t10-,12-/m1/s1. The second-order valence-electron chi connectivity index (χ2n) is 5.76. The largest absolute Gasteiger partial charge is 0.341 e. The van der Waals surface area contributed by atoms with Gasteiger partial charge < -0.3 is 4.90 Å². The van der Waals surface area contributed by atoms with Crippen molar-refractivity contribution in [3.05, 3.63) is 17.0 Å². The number of nitrogens with zero attached hydrogens (tertiary/aromatic N) is 2. The third kappa shape index (κ3) is 2.51. The molecule has 1 amide bonds. The Hall–Kier alpha value is -0.920. The van der Waals surface area contributed by atoms with E-state index < -0.39 is 10.0 Å². The van der Waals surface area contributed by atoms with Gasteiger partial charge in [-0.15, -0.1) is 11.3 Å². The normalized spacial score (nSPS) is 27.1. The molecule has 0 N–H and O–H groups in total. The van der Waals surface area contributed by atoms with Crippen LogP contribution in [0.1, 0.15) is 24.6 Å². The molecule has 0 aromatic carbocycles. The average Bonchev–Trinajstić information content (AvgIpc) is 3.05. The highest BCUT2D eigenvalue weighted by atomic mass is 32.2. The summed E-state index contributed by atoms with van der Waals surface area (Å²) in [6, 6.07) is 3.62. The number of likely N-dealkylation sites (N-methyl/N-ethyl adjacent to an activating group) is 1. The van der Waals surface area contributed by atoms with Crippen molar-refractivity contribution in [2.24, 2.45) is 5.92 Å². The van der Waals surface area contributed by atoms with Gasteiger partial charge in [-0.1, -0.05) is 6.92 Å². The highest BCUT2D eigenvalue weighted by molar-refractivity contribution is 7.91. The molecule has 0 radical (unpaired) electrons. The lowest BCUT2D eigenvalue weighted by atomic mass is 9.93. The molecule has 0 aliphatic carbocycles. The summed E-state index contributed by atoms with van der Waals surface area (Å²) in [5.74, 6) is 0.442. The number of likely N-dealkylation sites (tertiary alicyclic amines) is 1. The van der Waals surface area contributed by atoms with Crippen molar-refractivity contribution in [3.63, 3.8) is 0 Å². The van der Waals surface area contributed by atoms with Crippen LogP contribution in [0.25, 0.3) is 0 Å². The van der Waals surface area contributed by atoms with Gasteiger partial charge >= 0.3 is 0 Å². The molecule has 2 fully saturated rings. The van der Waals surface area contributed by atoms with E-state index in [1.807, 2.05) is 13.0 Å². The van der Waals surface area contributed by atoms with E-state index in [1.165, 1.54) is 11.3 Å². The average molecular weight is 328 g/mol. The summed E-state index contributed by atoms with van der Waals surface area (Å²) in [6.07, 6.45) is 2.18. The van der Waals surface area contributed by atoms with Crippen LogP contribution in [0.2, 0.25) is 0 Å². The van der Waals surface area contributed by atoms with Gasteiger partial charge in [0, 0.05) is 37.5 Å². The summed E-state index contributed by atoms with van der Waals surface area (Å²) < 4.78 is 27.4. The van der Waals surface area contributed by atoms with Crippen molar-refractivity contribution in [3.8, 4) is 0 Å². The van der Waals surface area contributed by atoms with E-state index >= 15 is 0 Å². The molecule has 1 aromatic rings. The maximum atomic E-state index is 12.7. The zero-order valence-corrected chi connectivity index (χ0v) is 13.9. The molecule has 2 atom stereocenters. The zero-order valence-electron chi connectivity index (χ0n) is 12.3. The highest BCUT2D eigenvalue weighted by Crippen LogP contribution is 2.34. The van der Waals surface area contributed by atoms with Crippen LogP contribution in [0.4, 0.5) is 0 Å². The Morgan fingerprint density at radius 3 is 2.81 bits per heavy atom. The van der Waals surface area contributed by atoms with Gasteiger partial charge in [0.2, 0.25) is 5.91 Å². The fourth-order valence-electron chi connectivity index (χ4n) is 3.21. The highest BCUT2D eigenvalue weighted by Gasteiger charge is 2.44. The number of amides is 1. The van der Waals surface area contributed by atoms with E-state index in [0.717, 1.165) is 17.7 Å². The van der Waals surface area contributed by atoms with Crippen molar-refractivity contribution in [1.29, 1.82) is 0 Å². The van der Waals surface area contributed by atoms with Crippen LogP contribution in [0.3, 0.4) is 0 Å². The number of hydrogen-bond acceptors (Lipinski definition) is 4. The van der Waals surface area contributed by atoms with Gasteiger partial charge in [-0.05, 0) is 30.9 Å². The van der Waals surface area contributed by atoms with Crippen molar-refractivity contribution in [1.82, 2.24) is 9.21 Å². The number of piperidine rings is 1. The van der Waals surface area contributed by atoms with Crippen LogP contribution in [0.5, 0.6) is 0 Å². The van der Waals surface area contributed by atoms with Crippen molar-refractivity contribution in [2.75, 3.05) is 20.1 Å². The summed E-state index contributed by atoms with van der Waals surface area (Å²) in [7, 11) is -1.64. The van der Waals surface area contributed by atoms with Crippen LogP contribution < -0.4 is 0 Å². The van der Waals surface area contributed by atoms with Crippen LogP contribution in [-0.2, 0) is 21.2 Å². The van der Waals surface area contributed by atoms with E-state index in [2.05, 4.69) is 0 Å². The Morgan fingerprint density at radius 1 is 1.38 bits per heavy atom. The minimum atomic E-state index is -3.42. The van der Waals surface area contributed by atoms with Crippen LogP contribution >= 0.6 is 11.3 Å². The molecule has 2 aliphatic heterocycles. The molecule has 116 valence electrons. The first-order valence-electron chi connectivity index (χ1n) is 7.28. The summed E-state index contributed by atoms with van der Waals surface area (Å²) in [6.45, 7) is 2.96. The maximum absolute atomic E-state index is 12.7. The number of aryl methyl sites for hydroxylation is 1. The molecule has 2 saturated heterocycles. The molecule has 3 rings (SSSR count). The lowest BCUT2D eigenvalue weighted by Gasteiger charge is -2.35. The van der Waals surface area contributed by atoms with Gasteiger partial charge in [-0.25, -0.2) is 8.42 Å². The second kappa shape index (κ2) is 5.37. The molecule has 0 unspecified atom stereocenters. The van der Waals surface area contributed by atoms with Crippen LogP contribution in [0.15, 0.2) is 16.3 Å². The molecule has 21 heavy (non-hydrogen) atoms. The van der Waals surface area contributed by atoms with Crippen molar-refractivity contribution >= 4 is 27.3 Å². The summed E-state index contributed by atoms with van der Waals surface area (Å²) in [4.78, 5) is 14.6. The Labute approximate surface area is 129 Å². The number of carbonyl (C=O) groups is 1. The number of carbonyl (C=O) groups excluding carboxylic acids is 1. The summed E-state index contributed by atoms with van der Waals surface area (Å²) in [5.41, 5.74) is 0. The molecule has 0 spiro atoms. The van der Waals surface area contributed by atoms with E-state index in [1.54, 1.807) is 22.3 Å². The van der Waals surface area contributed by atoms with Crippen molar-refractivity contribution in [2.45, 2.75) is 36.4 Å². The Bertz CT molecular complexity index is 653. The lowest BCUT2D eigenvalue weighted by molar-refractivity contribution is -0.127. The number of hydrogen-bond donors (Lipinski definition) is 0. The van der Waals surface area contributed by atoms with Gasteiger partial charge in [0.25, 0.3) is 10.0 Å². The monoisotopic (exact) mass is 328 g/mol. The molecule has 1 aromatic heterocycles. The van der Waals surface area contributed by atoms with E-state index in [9.17, 15) is 13.2 Å². The molecule has 0 saturated carbocycles. The SMILES string of the molecule is CCc1ccc(S(=O)(=O)N2CC[C@@H]3CC(=O)N(C)[C@@H]3C2)s1. The van der Waals surface area contributed by atoms with E-state index in [4.69, 9.17) is 0 Å². The maximum Gasteiger partial charge on any atom is 0.252 e. The number of rotatable bonds is 3. The molecular weight excluding hydrogens is 308 g/mol. The Morgan fingerprint density at radius 2 is 2.14 bits per heavy atom. The van der Waals surface area contributed by atoms with Crippen LogP contribution in [0, 0.1) is 5.92 Å². The number of thiophene rings is 1. The molecule has 0 bridgehead atoms.